The van der Waals surface area contributed by atoms with Crippen molar-refractivity contribution >= 4 is 23.5 Å². The normalized spacial score (nSPS) is 14.9. The van der Waals surface area contributed by atoms with Crippen molar-refractivity contribution in [3.63, 3.8) is 0 Å². The van der Waals surface area contributed by atoms with Crippen LogP contribution in [0.5, 0.6) is 11.8 Å². The lowest BCUT2D eigenvalue weighted by molar-refractivity contribution is -0.733. The van der Waals surface area contributed by atoms with Crippen LogP contribution >= 0.6 is 23.5 Å². The summed E-state index contributed by atoms with van der Waals surface area (Å²) in [6.45, 7) is 1.07. The first kappa shape index (κ1) is 18.3. The molecule has 4 N–H and O–H groups in total. The molecule has 29 heavy (non-hydrogen) atoms. The highest BCUT2D eigenvalue weighted by atomic mass is 32.2. The lowest BCUT2D eigenvalue weighted by atomic mass is 9.87. The van der Waals surface area contributed by atoms with Crippen molar-refractivity contribution < 1.29 is 19.3 Å². The number of rotatable bonds is 3. The molecule has 0 amide bonds. The molecule has 3 aromatic rings. The quantitative estimate of drug-likeness (QED) is 0.335. The van der Waals surface area contributed by atoms with Gasteiger partial charge in [0.25, 0.3) is 11.8 Å². The van der Waals surface area contributed by atoms with Crippen molar-refractivity contribution in [1.82, 2.24) is 15.0 Å². The third-order valence-corrected chi connectivity index (χ3v) is 7.08. The van der Waals surface area contributed by atoms with E-state index in [0.29, 0.717) is 29.0 Å². The molecule has 11 heteroatoms. The molecule has 148 valence electrons. The standard InChI is InChI=1S/C18H15N5O4S2/c24-13-11(15(26)22-4-6-28-17(22)20-13)10(9-2-1-3-19-8-9)12-14(25)21-18-23(16(12)27)5-7-29-18/h1-3,8,10H,4-7H2,(H2,24,25,26,27)/p+2. The van der Waals surface area contributed by atoms with Crippen LogP contribution in [0.25, 0.3) is 0 Å². The van der Waals surface area contributed by atoms with E-state index < -0.39 is 17.0 Å². The van der Waals surface area contributed by atoms with E-state index in [1.807, 2.05) is 0 Å². The maximum absolute atomic E-state index is 13.0. The minimum Gasteiger partial charge on any atom is -0.477 e. The Morgan fingerprint density at radius 3 is 2.00 bits per heavy atom. The molecule has 0 aliphatic carbocycles. The number of pyridine rings is 1. The zero-order valence-corrected chi connectivity index (χ0v) is 16.7. The molecule has 2 aliphatic heterocycles. The zero-order chi connectivity index (χ0) is 20.1. The zero-order valence-electron chi connectivity index (χ0n) is 15.1. The maximum atomic E-state index is 13.0. The second-order valence-corrected chi connectivity index (χ2v) is 8.88. The fraction of sp³-hybridized carbons (Fsp3) is 0.278. The van der Waals surface area contributed by atoms with Gasteiger partial charge in [-0.2, -0.15) is 19.1 Å². The van der Waals surface area contributed by atoms with Gasteiger partial charge in [0.05, 0.1) is 5.92 Å². The minimum absolute atomic E-state index is 0.0104. The van der Waals surface area contributed by atoms with Gasteiger partial charge in [-0.3, -0.25) is 4.98 Å². The van der Waals surface area contributed by atoms with Gasteiger partial charge in [0.1, 0.15) is 24.2 Å². The molecule has 0 saturated heterocycles. The Morgan fingerprint density at radius 2 is 1.52 bits per heavy atom. The van der Waals surface area contributed by atoms with Gasteiger partial charge in [-0.1, -0.05) is 6.07 Å². The molecule has 0 fully saturated rings. The Balaban J connectivity index is 1.83. The second kappa shape index (κ2) is 6.92. The van der Waals surface area contributed by atoms with Crippen LogP contribution in [0, 0.1) is 0 Å². The average Bonchev–Trinajstić information content (AvgIpc) is 3.36. The number of aromatic nitrogens is 5. The van der Waals surface area contributed by atoms with Crippen LogP contribution in [0.2, 0.25) is 0 Å². The van der Waals surface area contributed by atoms with Gasteiger partial charge in [0.15, 0.2) is 0 Å². The molecule has 0 spiro atoms. The number of H-pyrrole nitrogens is 2. The van der Waals surface area contributed by atoms with Gasteiger partial charge < -0.3 is 10.2 Å². The maximum Gasteiger partial charge on any atom is 0.344 e. The fourth-order valence-corrected chi connectivity index (χ4v) is 5.74. The second-order valence-electron chi connectivity index (χ2n) is 6.71. The molecule has 9 nitrogen and oxygen atoms in total. The summed E-state index contributed by atoms with van der Waals surface area (Å²) in [5.41, 5.74) is -0.467. The Labute approximate surface area is 172 Å². The van der Waals surface area contributed by atoms with Crippen molar-refractivity contribution in [3.05, 3.63) is 61.9 Å². The summed E-state index contributed by atoms with van der Waals surface area (Å²) in [6, 6.07) is 3.40. The van der Waals surface area contributed by atoms with E-state index in [4.69, 9.17) is 0 Å². The van der Waals surface area contributed by atoms with E-state index >= 15 is 0 Å². The van der Waals surface area contributed by atoms with Crippen molar-refractivity contribution in [2.45, 2.75) is 29.3 Å². The van der Waals surface area contributed by atoms with Crippen molar-refractivity contribution in [2.24, 2.45) is 0 Å². The highest BCUT2D eigenvalue weighted by molar-refractivity contribution is 7.99. The lowest BCUT2D eigenvalue weighted by Crippen LogP contribution is -2.42. The van der Waals surface area contributed by atoms with Crippen molar-refractivity contribution in [3.8, 4) is 11.8 Å². The van der Waals surface area contributed by atoms with Gasteiger partial charge in [0.2, 0.25) is 0 Å². The molecule has 0 bridgehead atoms. The van der Waals surface area contributed by atoms with Crippen molar-refractivity contribution in [1.29, 1.82) is 0 Å². The van der Waals surface area contributed by atoms with Crippen LogP contribution in [0.1, 0.15) is 22.6 Å². The minimum atomic E-state index is -0.983. The largest absolute Gasteiger partial charge is 0.477 e. The summed E-state index contributed by atoms with van der Waals surface area (Å²) in [5.74, 6) is 0.0513. The summed E-state index contributed by atoms with van der Waals surface area (Å²) < 4.78 is 3.23. The lowest BCUT2D eigenvalue weighted by Gasteiger charge is -2.16. The number of thioether (sulfide) groups is 2. The average molecular weight is 431 g/mol. The van der Waals surface area contributed by atoms with E-state index in [2.05, 4.69) is 15.0 Å². The third-order valence-electron chi connectivity index (χ3n) is 5.12. The number of nitrogens with one attached hydrogen (secondary N) is 2. The Morgan fingerprint density at radius 1 is 0.966 bits per heavy atom. The smallest absolute Gasteiger partial charge is 0.344 e. The van der Waals surface area contributed by atoms with E-state index in [0.717, 1.165) is 11.5 Å². The highest BCUT2D eigenvalue weighted by Crippen LogP contribution is 2.36. The number of nitrogens with zero attached hydrogens (tertiary/aromatic N) is 3. The Kier molecular flexibility index (Phi) is 4.36. The number of aromatic hydroxyl groups is 2. The predicted octanol–water partition coefficient (Wildman–Crippen LogP) is -0.164. The van der Waals surface area contributed by atoms with Crippen LogP contribution in [0.15, 0.2) is 44.4 Å². The fourth-order valence-electron chi connectivity index (χ4n) is 3.81. The summed E-state index contributed by atoms with van der Waals surface area (Å²) in [4.78, 5) is 35.7. The summed E-state index contributed by atoms with van der Waals surface area (Å²) in [5, 5.41) is 23.1. The summed E-state index contributed by atoms with van der Waals surface area (Å²) >= 11 is 2.88. The molecule has 0 aromatic carbocycles. The molecular formula is C18H17N5O4S2+2. The highest BCUT2D eigenvalue weighted by Gasteiger charge is 2.40. The van der Waals surface area contributed by atoms with E-state index in [9.17, 15) is 19.8 Å². The molecule has 3 aromatic heterocycles. The van der Waals surface area contributed by atoms with Gasteiger partial charge in [-0.15, -0.1) is 0 Å². The van der Waals surface area contributed by atoms with Crippen LogP contribution in [0.3, 0.4) is 0 Å². The molecule has 0 radical (unpaired) electrons. The van der Waals surface area contributed by atoms with E-state index in [1.54, 1.807) is 27.5 Å². The van der Waals surface area contributed by atoms with Crippen LogP contribution < -0.4 is 20.3 Å². The number of hydrogen-bond donors (Lipinski definition) is 4. The summed E-state index contributed by atoms with van der Waals surface area (Å²) in [7, 11) is 0. The summed E-state index contributed by atoms with van der Waals surface area (Å²) in [6.07, 6.45) is 3.11. The van der Waals surface area contributed by atoms with E-state index in [-0.39, 0.29) is 22.9 Å². The van der Waals surface area contributed by atoms with Gasteiger partial charge in [-0.25, -0.2) is 9.59 Å². The SMILES string of the molecule is O=c1[nH]c2[n+](c(O)c1C(c1cccnc1)c1c(O)[n+]3c([nH]c1=O)SCC3)CCS2. The molecule has 5 rings (SSSR count). The van der Waals surface area contributed by atoms with E-state index in [1.165, 1.54) is 29.7 Å². The number of aromatic amines is 2. The third kappa shape index (κ3) is 2.84. The predicted molar refractivity (Wildman–Crippen MR) is 104 cm³/mol. The molecule has 0 atom stereocenters. The monoisotopic (exact) mass is 431 g/mol. The van der Waals surface area contributed by atoms with Crippen LogP contribution in [-0.4, -0.2) is 36.7 Å². The first-order valence-corrected chi connectivity index (χ1v) is 11.0. The first-order chi connectivity index (χ1) is 14.1. The van der Waals surface area contributed by atoms with Crippen LogP contribution in [-0.2, 0) is 13.1 Å². The molecular weight excluding hydrogens is 414 g/mol. The molecule has 5 heterocycles. The molecule has 0 saturated carbocycles. The van der Waals surface area contributed by atoms with Crippen molar-refractivity contribution in [2.75, 3.05) is 11.5 Å². The van der Waals surface area contributed by atoms with Crippen LogP contribution in [0.4, 0.5) is 0 Å². The molecule has 2 aliphatic rings. The molecule has 0 unspecified atom stereocenters. The Bertz CT molecular complexity index is 1160. The topological polar surface area (TPSA) is 127 Å². The van der Waals surface area contributed by atoms with Gasteiger partial charge >= 0.3 is 21.4 Å². The number of hydrogen-bond acceptors (Lipinski definition) is 7. The Hall–Kier alpha value is -2.79. The van der Waals surface area contributed by atoms with Gasteiger partial charge in [0, 0.05) is 23.9 Å². The van der Waals surface area contributed by atoms with Gasteiger partial charge in [-0.05, 0) is 35.2 Å². The number of fused-ring (bicyclic) bond motifs is 2. The first-order valence-electron chi connectivity index (χ1n) is 8.99.